The Hall–Kier alpha value is -1.54. The second-order valence-electron chi connectivity index (χ2n) is 4.14. The highest BCUT2D eigenvalue weighted by Gasteiger charge is 2.10. The van der Waals surface area contributed by atoms with Gasteiger partial charge in [-0.1, -0.05) is 18.2 Å². The lowest BCUT2D eigenvalue weighted by molar-refractivity contribution is 0.170. The van der Waals surface area contributed by atoms with E-state index in [-0.39, 0.29) is 0 Å². The third-order valence-electron chi connectivity index (χ3n) is 2.89. The van der Waals surface area contributed by atoms with Gasteiger partial charge < -0.3 is 9.52 Å². The molecule has 0 radical (unpaired) electrons. The molecule has 0 fully saturated rings. The highest BCUT2D eigenvalue weighted by Crippen LogP contribution is 2.20. The topological polar surface area (TPSA) is 33.4 Å². The van der Waals surface area contributed by atoms with E-state index < -0.39 is 6.10 Å². The number of benzene rings is 1. The molecule has 1 aromatic heterocycles. The Kier molecular flexibility index (Phi) is 3.11. The molecular weight excluding hydrogens is 200 g/mol. The van der Waals surface area contributed by atoms with Crippen molar-refractivity contribution in [1.82, 2.24) is 0 Å². The first-order valence-electron chi connectivity index (χ1n) is 5.44. The average molecular weight is 216 g/mol. The summed E-state index contributed by atoms with van der Waals surface area (Å²) in [5, 5.41) is 10.0. The highest BCUT2D eigenvalue weighted by atomic mass is 16.3. The summed E-state index contributed by atoms with van der Waals surface area (Å²) < 4.78 is 5.22. The van der Waals surface area contributed by atoms with Crippen LogP contribution in [0.3, 0.4) is 0 Å². The van der Waals surface area contributed by atoms with Crippen LogP contribution in [0, 0.1) is 13.8 Å². The van der Waals surface area contributed by atoms with Crippen molar-refractivity contribution in [2.75, 3.05) is 0 Å². The van der Waals surface area contributed by atoms with Crippen molar-refractivity contribution in [3.63, 3.8) is 0 Å². The van der Waals surface area contributed by atoms with Gasteiger partial charge in [-0.3, -0.25) is 0 Å². The lowest BCUT2D eigenvalue weighted by atomic mass is 10.0. The second kappa shape index (κ2) is 4.54. The molecule has 0 amide bonds. The van der Waals surface area contributed by atoms with Gasteiger partial charge >= 0.3 is 0 Å². The minimum Gasteiger partial charge on any atom is -0.469 e. The molecule has 1 N–H and O–H groups in total. The van der Waals surface area contributed by atoms with Gasteiger partial charge in [-0.05, 0) is 42.7 Å². The van der Waals surface area contributed by atoms with E-state index >= 15 is 0 Å². The van der Waals surface area contributed by atoms with E-state index in [1.807, 2.05) is 30.3 Å². The van der Waals surface area contributed by atoms with E-state index in [4.69, 9.17) is 4.42 Å². The van der Waals surface area contributed by atoms with Gasteiger partial charge in [-0.15, -0.1) is 0 Å². The van der Waals surface area contributed by atoms with Gasteiger partial charge in [-0.25, -0.2) is 0 Å². The lowest BCUT2D eigenvalue weighted by Gasteiger charge is -2.11. The molecular formula is C14H16O2. The molecule has 0 aliphatic heterocycles. The van der Waals surface area contributed by atoms with E-state index in [1.54, 1.807) is 6.26 Å². The summed E-state index contributed by atoms with van der Waals surface area (Å²) in [6.07, 6.45) is 1.66. The predicted octanol–water partition coefficient (Wildman–Crippen LogP) is 3.17. The first-order chi connectivity index (χ1) is 7.66. The Labute approximate surface area is 95.5 Å². The van der Waals surface area contributed by atoms with Crippen molar-refractivity contribution in [3.8, 4) is 0 Å². The van der Waals surface area contributed by atoms with Gasteiger partial charge in [0, 0.05) is 6.42 Å². The van der Waals surface area contributed by atoms with Gasteiger partial charge in [0.25, 0.3) is 0 Å². The van der Waals surface area contributed by atoms with E-state index in [9.17, 15) is 5.11 Å². The third kappa shape index (κ3) is 2.34. The molecule has 0 spiro atoms. The molecule has 2 heteroatoms. The van der Waals surface area contributed by atoms with Gasteiger partial charge in [0.15, 0.2) is 0 Å². The van der Waals surface area contributed by atoms with E-state index in [0.717, 1.165) is 11.3 Å². The standard InChI is InChI=1S/C14H16O2/c1-10-5-6-12(8-11(10)2)14(15)9-13-4-3-7-16-13/h3-8,14-15H,9H2,1-2H3. The summed E-state index contributed by atoms with van der Waals surface area (Å²) in [6, 6.07) is 9.75. The molecule has 2 rings (SSSR count). The highest BCUT2D eigenvalue weighted by molar-refractivity contribution is 5.31. The fourth-order valence-electron chi connectivity index (χ4n) is 1.71. The van der Waals surface area contributed by atoms with Crippen molar-refractivity contribution in [2.45, 2.75) is 26.4 Å². The first-order valence-corrected chi connectivity index (χ1v) is 5.44. The fourth-order valence-corrected chi connectivity index (χ4v) is 1.71. The van der Waals surface area contributed by atoms with Crippen molar-refractivity contribution >= 4 is 0 Å². The molecule has 0 bridgehead atoms. The molecule has 0 saturated carbocycles. The molecule has 1 unspecified atom stereocenters. The molecule has 2 aromatic rings. The van der Waals surface area contributed by atoms with Gasteiger partial charge in [0.2, 0.25) is 0 Å². The minimum atomic E-state index is -0.495. The predicted molar refractivity (Wildman–Crippen MR) is 63.3 cm³/mol. The van der Waals surface area contributed by atoms with Gasteiger partial charge in [-0.2, -0.15) is 0 Å². The smallest absolute Gasteiger partial charge is 0.106 e. The molecule has 0 aliphatic rings. The lowest BCUT2D eigenvalue weighted by Crippen LogP contribution is -2.01. The van der Waals surface area contributed by atoms with Crippen molar-refractivity contribution in [1.29, 1.82) is 0 Å². The second-order valence-corrected chi connectivity index (χ2v) is 4.14. The van der Waals surface area contributed by atoms with E-state index in [1.165, 1.54) is 11.1 Å². The van der Waals surface area contributed by atoms with Crippen LogP contribution in [-0.4, -0.2) is 5.11 Å². The zero-order valence-electron chi connectivity index (χ0n) is 9.60. The quantitative estimate of drug-likeness (QED) is 0.854. The monoisotopic (exact) mass is 216 g/mol. The number of hydrogen-bond acceptors (Lipinski definition) is 2. The van der Waals surface area contributed by atoms with Crippen LogP contribution in [0.1, 0.15) is 28.6 Å². The Balaban J connectivity index is 2.14. The van der Waals surface area contributed by atoms with Crippen LogP contribution in [0.15, 0.2) is 41.0 Å². The Morgan fingerprint density at radius 2 is 2.00 bits per heavy atom. The van der Waals surface area contributed by atoms with Gasteiger partial charge in [0.05, 0.1) is 12.4 Å². The summed E-state index contributed by atoms with van der Waals surface area (Å²) in [5.74, 6) is 0.811. The minimum absolute atomic E-state index is 0.495. The largest absolute Gasteiger partial charge is 0.469 e. The number of rotatable bonds is 3. The number of hydrogen-bond donors (Lipinski definition) is 1. The molecule has 2 nitrogen and oxygen atoms in total. The molecule has 0 aliphatic carbocycles. The Morgan fingerprint density at radius 3 is 2.62 bits per heavy atom. The zero-order valence-corrected chi connectivity index (χ0v) is 9.60. The zero-order chi connectivity index (χ0) is 11.5. The summed E-state index contributed by atoms with van der Waals surface area (Å²) in [4.78, 5) is 0. The maximum atomic E-state index is 10.0. The number of furan rings is 1. The van der Waals surface area contributed by atoms with Crippen LogP contribution in [0.4, 0.5) is 0 Å². The molecule has 16 heavy (non-hydrogen) atoms. The molecule has 84 valence electrons. The molecule has 1 heterocycles. The molecule has 1 atom stereocenters. The number of aryl methyl sites for hydroxylation is 2. The van der Waals surface area contributed by atoms with Gasteiger partial charge in [0.1, 0.15) is 5.76 Å². The number of aliphatic hydroxyl groups is 1. The van der Waals surface area contributed by atoms with Crippen molar-refractivity contribution < 1.29 is 9.52 Å². The van der Waals surface area contributed by atoms with Crippen LogP contribution in [0.5, 0.6) is 0 Å². The normalized spacial score (nSPS) is 12.7. The van der Waals surface area contributed by atoms with Crippen LogP contribution in [-0.2, 0) is 6.42 Å². The van der Waals surface area contributed by atoms with Crippen molar-refractivity contribution in [2.24, 2.45) is 0 Å². The number of aliphatic hydroxyl groups excluding tert-OH is 1. The summed E-state index contributed by atoms with van der Waals surface area (Å²) in [5.41, 5.74) is 3.39. The Bertz CT molecular complexity index is 458. The summed E-state index contributed by atoms with van der Waals surface area (Å²) in [6.45, 7) is 4.12. The fraction of sp³-hybridized carbons (Fsp3) is 0.286. The third-order valence-corrected chi connectivity index (χ3v) is 2.89. The summed E-state index contributed by atoms with van der Waals surface area (Å²) in [7, 11) is 0. The van der Waals surface area contributed by atoms with E-state index in [0.29, 0.717) is 6.42 Å². The SMILES string of the molecule is Cc1ccc(C(O)Cc2ccco2)cc1C. The van der Waals surface area contributed by atoms with Crippen LogP contribution in [0.2, 0.25) is 0 Å². The van der Waals surface area contributed by atoms with E-state index in [2.05, 4.69) is 13.8 Å². The van der Waals surface area contributed by atoms with Crippen molar-refractivity contribution in [3.05, 3.63) is 59.0 Å². The molecule has 1 aromatic carbocycles. The van der Waals surface area contributed by atoms with Crippen LogP contribution in [0.25, 0.3) is 0 Å². The van der Waals surface area contributed by atoms with Crippen LogP contribution >= 0.6 is 0 Å². The molecule has 0 saturated heterocycles. The maximum Gasteiger partial charge on any atom is 0.106 e. The Morgan fingerprint density at radius 1 is 1.19 bits per heavy atom. The van der Waals surface area contributed by atoms with Crippen LogP contribution < -0.4 is 0 Å². The maximum absolute atomic E-state index is 10.0. The first kappa shape index (κ1) is 11.0. The average Bonchev–Trinajstić information content (AvgIpc) is 2.74. The summed E-state index contributed by atoms with van der Waals surface area (Å²) >= 11 is 0.